The average Bonchev–Trinajstić information content (AvgIpc) is 3.04. The number of carbonyl (C=O) groups excluding carboxylic acids is 1. The zero-order valence-electron chi connectivity index (χ0n) is 11.0. The van der Waals surface area contributed by atoms with Crippen LogP contribution in [0.1, 0.15) is 54.3 Å². The summed E-state index contributed by atoms with van der Waals surface area (Å²) < 4.78 is 5.31. The van der Waals surface area contributed by atoms with Crippen LogP contribution < -0.4 is 5.32 Å². The van der Waals surface area contributed by atoms with Gasteiger partial charge in [-0.1, -0.05) is 5.16 Å². The number of carbonyl (C=O) groups is 1. The Labute approximate surface area is 112 Å². The fourth-order valence-corrected chi connectivity index (χ4v) is 3.40. The van der Waals surface area contributed by atoms with Crippen LogP contribution in [0, 0.1) is 0 Å². The van der Waals surface area contributed by atoms with Crippen molar-refractivity contribution in [1.29, 1.82) is 0 Å². The highest BCUT2D eigenvalue weighted by Crippen LogP contribution is 2.40. The van der Waals surface area contributed by atoms with E-state index < -0.39 is 0 Å². The molecule has 1 aromatic heterocycles. The molecule has 0 aromatic carbocycles. The molecule has 2 saturated heterocycles. The third-order valence-electron chi connectivity index (χ3n) is 4.62. The van der Waals surface area contributed by atoms with Gasteiger partial charge in [-0.2, -0.15) is 0 Å². The Hall–Kier alpha value is -1.36. The Kier molecular flexibility index (Phi) is 2.62. The Bertz CT molecular complexity index is 481. The summed E-state index contributed by atoms with van der Waals surface area (Å²) >= 11 is 0. The normalized spacial score (nSPS) is 30.4. The molecule has 1 aliphatic carbocycles. The van der Waals surface area contributed by atoms with E-state index in [0.717, 1.165) is 38.1 Å². The van der Waals surface area contributed by atoms with Crippen LogP contribution in [0.15, 0.2) is 10.6 Å². The largest absolute Gasteiger partial charge is 0.360 e. The molecule has 0 spiro atoms. The van der Waals surface area contributed by atoms with Crippen molar-refractivity contribution in [3.8, 4) is 0 Å². The maximum absolute atomic E-state index is 12.6. The number of fused-ring (bicyclic) bond motifs is 2. The highest BCUT2D eigenvalue weighted by atomic mass is 16.5. The molecule has 102 valence electrons. The van der Waals surface area contributed by atoms with E-state index in [4.69, 9.17) is 4.52 Å². The van der Waals surface area contributed by atoms with Crippen molar-refractivity contribution in [2.24, 2.45) is 0 Å². The second-order valence-corrected chi connectivity index (χ2v) is 5.98. The van der Waals surface area contributed by atoms with Gasteiger partial charge in [0.1, 0.15) is 5.76 Å². The summed E-state index contributed by atoms with van der Waals surface area (Å²) in [4.78, 5) is 14.7. The van der Waals surface area contributed by atoms with Gasteiger partial charge in [0.2, 0.25) is 0 Å². The van der Waals surface area contributed by atoms with E-state index in [0.29, 0.717) is 23.7 Å². The Morgan fingerprint density at radius 1 is 1.26 bits per heavy atom. The smallest absolute Gasteiger partial charge is 0.276 e. The Morgan fingerprint density at radius 3 is 2.95 bits per heavy atom. The van der Waals surface area contributed by atoms with Gasteiger partial charge >= 0.3 is 0 Å². The molecule has 0 radical (unpaired) electrons. The standard InChI is InChI=1S/C14H19N3O2/c18-14(12-7-13(19-16-12)9-1-2-9)17-10-3-4-11(17)8-15-6-5-10/h7,9-11,15H,1-6,8H2/t10-,11-/m1/s1. The summed E-state index contributed by atoms with van der Waals surface area (Å²) in [5.74, 6) is 1.46. The van der Waals surface area contributed by atoms with Gasteiger partial charge in [-0.15, -0.1) is 0 Å². The molecular formula is C14H19N3O2. The van der Waals surface area contributed by atoms with Gasteiger partial charge in [0.15, 0.2) is 5.69 Å². The zero-order valence-corrected chi connectivity index (χ0v) is 11.0. The molecule has 1 aromatic rings. The molecule has 19 heavy (non-hydrogen) atoms. The number of aromatic nitrogens is 1. The topological polar surface area (TPSA) is 58.4 Å². The summed E-state index contributed by atoms with van der Waals surface area (Å²) in [5, 5.41) is 7.40. The second kappa shape index (κ2) is 4.34. The predicted octanol–water partition coefficient (Wildman–Crippen LogP) is 1.52. The maximum Gasteiger partial charge on any atom is 0.276 e. The van der Waals surface area contributed by atoms with Crippen LogP contribution in [0.5, 0.6) is 0 Å². The van der Waals surface area contributed by atoms with Crippen LogP contribution in [0.4, 0.5) is 0 Å². The summed E-state index contributed by atoms with van der Waals surface area (Å²) in [5.41, 5.74) is 0.501. The number of nitrogens with zero attached hydrogens (tertiary/aromatic N) is 2. The monoisotopic (exact) mass is 261 g/mol. The fraction of sp³-hybridized carbons (Fsp3) is 0.714. The van der Waals surface area contributed by atoms with Crippen LogP contribution in [-0.4, -0.2) is 41.1 Å². The number of nitrogens with one attached hydrogen (secondary N) is 1. The first-order valence-electron chi connectivity index (χ1n) is 7.33. The minimum atomic E-state index is 0.0619. The molecule has 2 bridgehead atoms. The molecule has 3 aliphatic rings. The first kappa shape index (κ1) is 11.5. The number of hydrogen-bond acceptors (Lipinski definition) is 4. The molecule has 1 N–H and O–H groups in total. The van der Waals surface area contributed by atoms with Crippen molar-refractivity contribution >= 4 is 5.91 Å². The lowest BCUT2D eigenvalue weighted by Crippen LogP contribution is -2.42. The molecule has 5 nitrogen and oxygen atoms in total. The van der Waals surface area contributed by atoms with E-state index in [1.165, 1.54) is 12.8 Å². The lowest BCUT2D eigenvalue weighted by molar-refractivity contribution is 0.0669. The van der Waals surface area contributed by atoms with E-state index in [2.05, 4.69) is 15.4 Å². The lowest BCUT2D eigenvalue weighted by Gasteiger charge is -2.26. The second-order valence-electron chi connectivity index (χ2n) is 5.98. The summed E-state index contributed by atoms with van der Waals surface area (Å²) in [6.45, 7) is 1.92. The third kappa shape index (κ3) is 1.96. The molecule has 4 rings (SSSR count). The van der Waals surface area contributed by atoms with Crippen LogP contribution in [0.25, 0.3) is 0 Å². The van der Waals surface area contributed by atoms with Crippen molar-refractivity contribution in [3.63, 3.8) is 0 Å². The first-order chi connectivity index (χ1) is 9.33. The Balaban J connectivity index is 1.58. The van der Waals surface area contributed by atoms with Gasteiger partial charge < -0.3 is 14.7 Å². The number of hydrogen-bond donors (Lipinski definition) is 1. The molecule has 1 saturated carbocycles. The highest BCUT2D eigenvalue weighted by Gasteiger charge is 2.39. The van der Waals surface area contributed by atoms with Gasteiger partial charge in [0.25, 0.3) is 5.91 Å². The lowest BCUT2D eigenvalue weighted by atomic mass is 10.1. The van der Waals surface area contributed by atoms with Gasteiger partial charge in [0.05, 0.1) is 0 Å². The van der Waals surface area contributed by atoms with E-state index >= 15 is 0 Å². The fourth-order valence-electron chi connectivity index (χ4n) is 3.40. The molecule has 5 heteroatoms. The first-order valence-corrected chi connectivity index (χ1v) is 7.33. The molecular weight excluding hydrogens is 242 g/mol. The van der Waals surface area contributed by atoms with Crippen molar-refractivity contribution in [2.45, 2.75) is 50.1 Å². The van der Waals surface area contributed by atoms with Crippen molar-refractivity contribution in [1.82, 2.24) is 15.4 Å². The molecule has 2 atom stereocenters. The van der Waals surface area contributed by atoms with Gasteiger partial charge in [0, 0.05) is 30.6 Å². The molecule has 0 unspecified atom stereocenters. The third-order valence-corrected chi connectivity index (χ3v) is 4.62. The zero-order chi connectivity index (χ0) is 12.8. The van der Waals surface area contributed by atoms with Gasteiger partial charge in [-0.3, -0.25) is 4.79 Å². The van der Waals surface area contributed by atoms with E-state index in [1.54, 1.807) is 0 Å². The minimum absolute atomic E-state index is 0.0619. The van der Waals surface area contributed by atoms with Crippen LogP contribution in [0.3, 0.4) is 0 Å². The molecule has 3 fully saturated rings. The van der Waals surface area contributed by atoms with Crippen molar-refractivity contribution in [2.75, 3.05) is 13.1 Å². The van der Waals surface area contributed by atoms with E-state index in [9.17, 15) is 4.79 Å². The number of rotatable bonds is 2. The summed E-state index contributed by atoms with van der Waals surface area (Å²) in [6.07, 6.45) is 5.63. The molecule has 2 aliphatic heterocycles. The molecule has 1 amide bonds. The van der Waals surface area contributed by atoms with Crippen molar-refractivity contribution < 1.29 is 9.32 Å². The summed E-state index contributed by atoms with van der Waals surface area (Å²) in [6, 6.07) is 2.58. The van der Waals surface area contributed by atoms with Gasteiger partial charge in [-0.05, 0) is 38.6 Å². The average molecular weight is 261 g/mol. The van der Waals surface area contributed by atoms with Crippen LogP contribution in [0.2, 0.25) is 0 Å². The Morgan fingerprint density at radius 2 is 2.11 bits per heavy atom. The molecule has 3 heterocycles. The van der Waals surface area contributed by atoms with Crippen LogP contribution in [-0.2, 0) is 0 Å². The SMILES string of the molecule is O=C(c1cc(C2CC2)on1)N1[C@H]2CCNC[C@H]1CC2. The van der Waals surface area contributed by atoms with Crippen LogP contribution >= 0.6 is 0 Å². The van der Waals surface area contributed by atoms with Crippen molar-refractivity contribution in [3.05, 3.63) is 17.5 Å². The number of amides is 1. The summed E-state index contributed by atoms with van der Waals surface area (Å²) in [7, 11) is 0. The highest BCUT2D eigenvalue weighted by molar-refractivity contribution is 5.93. The quantitative estimate of drug-likeness (QED) is 0.877. The van der Waals surface area contributed by atoms with Gasteiger partial charge in [-0.25, -0.2) is 0 Å². The van der Waals surface area contributed by atoms with E-state index in [1.807, 2.05) is 6.07 Å². The predicted molar refractivity (Wildman–Crippen MR) is 68.9 cm³/mol. The minimum Gasteiger partial charge on any atom is -0.360 e. The van der Waals surface area contributed by atoms with E-state index in [-0.39, 0.29) is 5.91 Å². The maximum atomic E-state index is 12.6.